The van der Waals surface area contributed by atoms with Crippen molar-refractivity contribution >= 4 is 39.5 Å². The summed E-state index contributed by atoms with van der Waals surface area (Å²) in [4.78, 5) is 72.8. The van der Waals surface area contributed by atoms with Gasteiger partial charge in [-0.3, -0.25) is 37.3 Å². The fraction of sp³-hybridized carbons (Fsp3) is 0.948. The van der Waals surface area contributed by atoms with E-state index in [0.29, 0.717) is 25.7 Å². The first-order valence-electron chi connectivity index (χ1n) is 39.9. The molecule has 0 rings (SSSR count). The predicted octanol–water partition coefficient (Wildman–Crippen LogP) is 22.6. The lowest BCUT2D eigenvalue weighted by atomic mass is 9.99. The van der Waals surface area contributed by atoms with Crippen LogP contribution in [0.5, 0.6) is 0 Å². The molecule has 0 aromatic carbocycles. The van der Waals surface area contributed by atoms with Gasteiger partial charge in [0.05, 0.1) is 26.4 Å². The van der Waals surface area contributed by atoms with Crippen molar-refractivity contribution in [2.45, 2.75) is 414 Å². The SMILES string of the molecule is CCCCCCCCCCCC(=O)OC[C@H](COP(=O)(O)OC[C@H](O)COP(=O)(O)OC[C@@H](COC(=O)CCCCCCCCCCCCCCC(C)C)OC(=O)CCCCCCCCCCCCCCCCC(C)CC)OC(=O)CCCCCCCCCCCCCC(C)C. The number of carbonyl (C=O) groups excluding carboxylic acids is 4. The lowest BCUT2D eigenvalue weighted by Gasteiger charge is -2.21. The molecule has 0 bridgehead atoms. The summed E-state index contributed by atoms with van der Waals surface area (Å²) in [5, 5.41) is 10.6. The average Bonchev–Trinajstić information content (AvgIpc) is 1.32. The number of phosphoric ester groups is 2. The Bertz CT molecular complexity index is 1870. The second-order valence-electron chi connectivity index (χ2n) is 28.9. The van der Waals surface area contributed by atoms with E-state index in [0.717, 1.165) is 108 Å². The summed E-state index contributed by atoms with van der Waals surface area (Å²) in [6.45, 7) is 12.0. The normalized spacial score (nSPS) is 14.3. The van der Waals surface area contributed by atoms with Crippen LogP contribution >= 0.6 is 15.6 Å². The van der Waals surface area contributed by atoms with E-state index in [4.69, 9.17) is 37.0 Å². The van der Waals surface area contributed by atoms with Crippen LogP contribution in [0.15, 0.2) is 0 Å². The number of carbonyl (C=O) groups is 4. The predicted molar refractivity (Wildman–Crippen MR) is 391 cm³/mol. The first kappa shape index (κ1) is 94.1. The topological polar surface area (TPSA) is 237 Å². The number of hydrogen-bond acceptors (Lipinski definition) is 15. The zero-order valence-corrected chi connectivity index (χ0v) is 64.6. The fourth-order valence-corrected chi connectivity index (χ4v) is 13.3. The lowest BCUT2D eigenvalue weighted by Crippen LogP contribution is -2.30. The van der Waals surface area contributed by atoms with Crippen LogP contribution < -0.4 is 0 Å². The van der Waals surface area contributed by atoms with E-state index in [1.807, 2.05) is 0 Å². The molecule has 0 aromatic rings. The maximum absolute atomic E-state index is 13.1. The van der Waals surface area contributed by atoms with Gasteiger partial charge in [-0.15, -0.1) is 0 Å². The molecule has 0 spiro atoms. The highest BCUT2D eigenvalue weighted by molar-refractivity contribution is 7.47. The smallest absolute Gasteiger partial charge is 0.462 e. The minimum atomic E-state index is -4.96. The van der Waals surface area contributed by atoms with Gasteiger partial charge in [0, 0.05) is 25.7 Å². The summed E-state index contributed by atoms with van der Waals surface area (Å²) in [7, 11) is -9.91. The Labute approximate surface area is 588 Å². The van der Waals surface area contributed by atoms with Gasteiger partial charge in [0.25, 0.3) is 0 Å². The molecule has 17 nitrogen and oxygen atoms in total. The van der Waals surface area contributed by atoms with E-state index in [9.17, 15) is 43.2 Å². The molecule has 96 heavy (non-hydrogen) atoms. The Balaban J connectivity index is 5.24. The molecule has 0 heterocycles. The summed E-state index contributed by atoms with van der Waals surface area (Å²) in [5.41, 5.74) is 0. The molecule has 3 unspecified atom stereocenters. The zero-order valence-electron chi connectivity index (χ0n) is 62.8. The van der Waals surface area contributed by atoms with Crippen molar-refractivity contribution in [2.75, 3.05) is 39.6 Å². The van der Waals surface area contributed by atoms with E-state index in [1.165, 1.54) is 205 Å². The molecule has 0 aromatic heterocycles. The van der Waals surface area contributed by atoms with Gasteiger partial charge in [0.2, 0.25) is 0 Å². The fourth-order valence-electron chi connectivity index (χ4n) is 11.7. The van der Waals surface area contributed by atoms with E-state index < -0.39 is 97.5 Å². The monoisotopic (exact) mass is 1410 g/mol. The maximum Gasteiger partial charge on any atom is 0.472 e. The van der Waals surface area contributed by atoms with Crippen molar-refractivity contribution in [3.8, 4) is 0 Å². The summed E-state index contributed by atoms with van der Waals surface area (Å²) in [5.74, 6) is 0.277. The number of rotatable bonds is 75. The van der Waals surface area contributed by atoms with Crippen molar-refractivity contribution in [2.24, 2.45) is 17.8 Å². The van der Waals surface area contributed by atoms with Crippen LogP contribution in [0.25, 0.3) is 0 Å². The third kappa shape index (κ3) is 69.2. The Morgan fingerprint density at radius 2 is 0.531 bits per heavy atom. The number of phosphoric acid groups is 2. The van der Waals surface area contributed by atoms with Crippen LogP contribution in [0, 0.1) is 17.8 Å². The summed E-state index contributed by atoms with van der Waals surface area (Å²) >= 11 is 0. The molecule has 0 saturated heterocycles. The minimum Gasteiger partial charge on any atom is -0.462 e. The first-order chi connectivity index (χ1) is 46.3. The van der Waals surface area contributed by atoms with Crippen molar-refractivity contribution in [3.05, 3.63) is 0 Å². The van der Waals surface area contributed by atoms with Crippen molar-refractivity contribution in [1.82, 2.24) is 0 Å². The van der Waals surface area contributed by atoms with Gasteiger partial charge in [-0.1, -0.05) is 344 Å². The Morgan fingerprint density at radius 3 is 0.792 bits per heavy atom. The van der Waals surface area contributed by atoms with E-state index in [-0.39, 0.29) is 25.7 Å². The molecule has 0 aliphatic carbocycles. The van der Waals surface area contributed by atoms with Crippen LogP contribution in [0.4, 0.5) is 0 Å². The Kier molecular flexibility index (Phi) is 66.2. The molecule has 0 amide bonds. The number of ether oxygens (including phenoxy) is 4. The van der Waals surface area contributed by atoms with Crippen LogP contribution in [0.1, 0.15) is 395 Å². The van der Waals surface area contributed by atoms with E-state index in [1.54, 1.807) is 0 Å². The first-order valence-corrected chi connectivity index (χ1v) is 42.9. The molecular weight excluding hydrogens is 1260 g/mol. The second-order valence-corrected chi connectivity index (χ2v) is 31.8. The third-order valence-corrected chi connectivity index (χ3v) is 20.1. The molecular formula is C77H150O17P2. The molecule has 19 heteroatoms. The number of aliphatic hydroxyl groups is 1. The van der Waals surface area contributed by atoms with Crippen molar-refractivity contribution in [1.29, 1.82) is 0 Å². The molecule has 6 atom stereocenters. The lowest BCUT2D eigenvalue weighted by molar-refractivity contribution is -0.161. The highest BCUT2D eigenvalue weighted by atomic mass is 31.2. The highest BCUT2D eigenvalue weighted by Crippen LogP contribution is 2.45. The molecule has 3 N–H and O–H groups in total. The van der Waals surface area contributed by atoms with Gasteiger partial charge >= 0.3 is 39.5 Å². The Hall–Kier alpha value is -1.94. The van der Waals surface area contributed by atoms with Crippen LogP contribution in [-0.2, 0) is 65.4 Å². The second kappa shape index (κ2) is 67.5. The zero-order chi connectivity index (χ0) is 70.9. The van der Waals surface area contributed by atoms with Crippen molar-refractivity contribution in [3.63, 3.8) is 0 Å². The molecule has 570 valence electrons. The standard InChI is InChI=1S/C77H150O17P2/c1-8-10-11-12-13-27-37-44-51-58-74(79)87-64-72(93-77(82)61-54-47-40-33-26-20-22-29-35-42-49-56-69(5)6)66-91-95(83,84)89-62-71(78)63-90-96(85,86)92-67-73(65-88-75(80)59-52-45-38-31-24-19-18-21-28-34-41-48-55-68(3)4)94-76(81)60-53-46-39-32-25-17-15-14-16-23-30-36-43-50-57-70(7)9-2/h68-73,78H,8-67H2,1-7H3,(H,83,84)(H,85,86)/t70?,71-,72+,73+/m0/s1. The summed E-state index contributed by atoms with van der Waals surface area (Å²) in [6.07, 6.45) is 54.0. The number of hydrogen-bond donors (Lipinski definition) is 3. The van der Waals surface area contributed by atoms with Crippen LogP contribution in [0.3, 0.4) is 0 Å². The minimum absolute atomic E-state index is 0.106. The molecule has 0 aliphatic rings. The van der Waals surface area contributed by atoms with Gasteiger partial charge in [0.1, 0.15) is 19.3 Å². The molecule has 0 saturated carbocycles. The number of esters is 4. The third-order valence-electron chi connectivity index (χ3n) is 18.2. The van der Waals surface area contributed by atoms with Gasteiger partial charge in [0.15, 0.2) is 12.2 Å². The van der Waals surface area contributed by atoms with Crippen LogP contribution in [-0.4, -0.2) is 96.7 Å². The molecule has 0 radical (unpaired) electrons. The van der Waals surface area contributed by atoms with E-state index in [2.05, 4.69) is 48.5 Å². The van der Waals surface area contributed by atoms with Gasteiger partial charge in [-0.05, 0) is 43.4 Å². The average molecular weight is 1410 g/mol. The van der Waals surface area contributed by atoms with Crippen molar-refractivity contribution < 1.29 is 80.2 Å². The summed E-state index contributed by atoms with van der Waals surface area (Å²) < 4.78 is 68.5. The quantitative estimate of drug-likeness (QED) is 0.0222. The Morgan fingerprint density at radius 1 is 0.302 bits per heavy atom. The van der Waals surface area contributed by atoms with Gasteiger partial charge < -0.3 is 33.8 Å². The van der Waals surface area contributed by atoms with Crippen LogP contribution in [0.2, 0.25) is 0 Å². The van der Waals surface area contributed by atoms with Gasteiger partial charge in [-0.2, -0.15) is 0 Å². The number of unbranched alkanes of at least 4 members (excludes halogenated alkanes) is 42. The molecule has 0 aliphatic heterocycles. The largest absolute Gasteiger partial charge is 0.472 e. The molecule has 0 fully saturated rings. The summed E-state index contributed by atoms with van der Waals surface area (Å²) in [6, 6.07) is 0. The van der Waals surface area contributed by atoms with Gasteiger partial charge in [-0.25, -0.2) is 9.13 Å². The van der Waals surface area contributed by atoms with E-state index >= 15 is 0 Å². The number of aliphatic hydroxyl groups excluding tert-OH is 1. The highest BCUT2D eigenvalue weighted by Gasteiger charge is 2.30. The maximum atomic E-state index is 13.1.